The van der Waals surface area contributed by atoms with Gasteiger partial charge in [-0.05, 0) is 74.5 Å². The number of carbonyl (C=O) groups is 3. The molecule has 0 bridgehead atoms. The molecule has 4 rings (SSSR count). The number of hydrogen-bond acceptors (Lipinski definition) is 6. The van der Waals surface area contributed by atoms with Gasteiger partial charge in [-0.25, -0.2) is 9.48 Å². The fourth-order valence-electron chi connectivity index (χ4n) is 3.54. The molecule has 35 heavy (non-hydrogen) atoms. The number of carboxylic acids is 1. The van der Waals surface area contributed by atoms with E-state index in [9.17, 15) is 19.2 Å². The summed E-state index contributed by atoms with van der Waals surface area (Å²) in [6.07, 6.45) is 4.78. The molecule has 0 fully saturated rings. The second-order valence-corrected chi connectivity index (χ2v) is 7.59. The van der Waals surface area contributed by atoms with Crippen LogP contribution in [0.5, 0.6) is 5.75 Å². The normalized spacial score (nSPS) is 14.6. The van der Waals surface area contributed by atoms with Crippen molar-refractivity contribution in [2.24, 2.45) is 5.10 Å². The third kappa shape index (κ3) is 4.58. The van der Waals surface area contributed by atoms with Gasteiger partial charge in [-0.3, -0.25) is 19.5 Å². The smallest absolute Gasteiger partial charge is 0.335 e. The first-order valence-corrected chi connectivity index (χ1v) is 10.4. The molecule has 1 aliphatic heterocycles. The first kappa shape index (κ1) is 23.2. The Morgan fingerprint density at radius 2 is 1.69 bits per heavy atom. The van der Waals surface area contributed by atoms with Crippen molar-refractivity contribution in [3.8, 4) is 11.4 Å². The van der Waals surface area contributed by atoms with Gasteiger partial charge >= 0.3 is 5.97 Å². The zero-order chi connectivity index (χ0) is 25.1. The minimum Gasteiger partial charge on any atom is -0.478 e. The monoisotopic (exact) mass is 472 g/mol. The van der Waals surface area contributed by atoms with Crippen molar-refractivity contribution in [2.45, 2.75) is 13.8 Å². The second kappa shape index (κ2) is 9.48. The van der Waals surface area contributed by atoms with Gasteiger partial charge in [0.05, 0.1) is 33.8 Å². The number of aromatic carboxylic acids is 1. The van der Waals surface area contributed by atoms with Crippen LogP contribution in [0.2, 0.25) is 0 Å². The summed E-state index contributed by atoms with van der Waals surface area (Å²) in [5, 5.41) is 17.6. The molecular weight excluding hydrogens is 452 g/mol. The molecule has 1 aromatic heterocycles. The van der Waals surface area contributed by atoms with Crippen molar-refractivity contribution in [1.29, 1.82) is 0 Å². The fourth-order valence-corrected chi connectivity index (χ4v) is 3.54. The molecule has 1 aliphatic rings. The maximum absolute atomic E-state index is 12.9. The number of amides is 1. The Hall–Kier alpha value is -4.99. The van der Waals surface area contributed by atoms with Gasteiger partial charge in [-0.1, -0.05) is 6.08 Å². The SMILES string of the molecule is CC1=NN(c2ccc(OC=O)cc2)C(=O)C1=CC=Cc1c(C)[nH]n(-c2ccc(C(=O)O)cc2)c1=O. The summed E-state index contributed by atoms with van der Waals surface area (Å²) in [5.74, 6) is -1.04. The molecule has 3 aromatic rings. The van der Waals surface area contributed by atoms with Gasteiger partial charge < -0.3 is 9.84 Å². The molecule has 2 aromatic carbocycles. The standard InChI is InChI=1S/C25H20N4O6/c1-15-21(23(31)28(26-15)18-8-6-17(7-9-18)25(33)34)4-3-5-22-16(2)27-29(24(22)32)19-10-12-20(13-11-19)35-14-30/h3-14,26H,1-2H3,(H,33,34). The lowest BCUT2D eigenvalue weighted by atomic mass is 10.1. The largest absolute Gasteiger partial charge is 0.478 e. The Kier molecular flexibility index (Phi) is 6.27. The number of carboxylic acid groups (broad SMARTS) is 1. The highest BCUT2D eigenvalue weighted by Crippen LogP contribution is 2.25. The van der Waals surface area contributed by atoms with Gasteiger partial charge in [0.2, 0.25) is 0 Å². The van der Waals surface area contributed by atoms with Crippen LogP contribution in [0.3, 0.4) is 0 Å². The number of hydrogen-bond donors (Lipinski definition) is 2. The summed E-state index contributed by atoms with van der Waals surface area (Å²) in [5.41, 5.74) is 2.69. The van der Waals surface area contributed by atoms with Crippen molar-refractivity contribution in [1.82, 2.24) is 9.78 Å². The number of aromatic amines is 1. The Morgan fingerprint density at radius 3 is 2.31 bits per heavy atom. The van der Waals surface area contributed by atoms with E-state index in [1.54, 1.807) is 68.5 Å². The van der Waals surface area contributed by atoms with E-state index in [-0.39, 0.29) is 17.0 Å². The number of rotatable bonds is 7. The number of aromatic nitrogens is 2. The summed E-state index contributed by atoms with van der Waals surface area (Å²) in [6.45, 7) is 3.77. The van der Waals surface area contributed by atoms with Gasteiger partial charge in [0.1, 0.15) is 5.75 Å². The van der Waals surface area contributed by atoms with Crippen LogP contribution in [0.1, 0.15) is 28.5 Å². The van der Waals surface area contributed by atoms with E-state index in [0.29, 0.717) is 46.1 Å². The summed E-state index contributed by atoms with van der Waals surface area (Å²) in [6, 6.07) is 12.3. The molecule has 0 saturated carbocycles. The van der Waals surface area contributed by atoms with E-state index >= 15 is 0 Å². The second-order valence-electron chi connectivity index (χ2n) is 7.59. The number of anilines is 1. The summed E-state index contributed by atoms with van der Waals surface area (Å²) in [4.78, 5) is 47.2. The van der Waals surface area contributed by atoms with Crippen LogP contribution in [0.15, 0.2) is 76.2 Å². The zero-order valence-corrected chi connectivity index (χ0v) is 18.8. The highest BCUT2D eigenvalue weighted by molar-refractivity contribution is 6.29. The lowest BCUT2D eigenvalue weighted by molar-refractivity contribution is -0.120. The molecule has 0 aliphatic carbocycles. The molecular formula is C25H20N4O6. The minimum absolute atomic E-state index is 0.120. The first-order valence-electron chi connectivity index (χ1n) is 10.4. The quantitative estimate of drug-likeness (QED) is 0.401. The van der Waals surface area contributed by atoms with E-state index in [1.807, 2.05) is 0 Å². The molecule has 2 N–H and O–H groups in total. The summed E-state index contributed by atoms with van der Waals surface area (Å²) >= 11 is 0. The van der Waals surface area contributed by atoms with Crippen molar-refractivity contribution < 1.29 is 24.2 Å². The van der Waals surface area contributed by atoms with Crippen LogP contribution >= 0.6 is 0 Å². The molecule has 10 nitrogen and oxygen atoms in total. The molecule has 2 heterocycles. The third-order valence-corrected chi connectivity index (χ3v) is 5.34. The number of carbonyl (C=O) groups excluding carboxylic acids is 2. The van der Waals surface area contributed by atoms with Crippen LogP contribution in [0, 0.1) is 6.92 Å². The average Bonchev–Trinajstić information content (AvgIpc) is 3.29. The maximum Gasteiger partial charge on any atom is 0.335 e. The number of ether oxygens (including phenoxy) is 1. The average molecular weight is 472 g/mol. The topological polar surface area (TPSA) is 134 Å². The number of hydrazone groups is 1. The number of aryl methyl sites for hydroxylation is 1. The van der Waals surface area contributed by atoms with Crippen LogP contribution in [0.4, 0.5) is 5.69 Å². The molecule has 0 radical (unpaired) electrons. The van der Waals surface area contributed by atoms with Crippen molar-refractivity contribution >= 4 is 35.8 Å². The Bertz CT molecular complexity index is 1460. The van der Waals surface area contributed by atoms with E-state index < -0.39 is 5.97 Å². The molecule has 1 amide bonds. The molecule has 0 spiro atoms. The van der Waals surface area contributed by atoms with E-state index in [4.69, 9.17) is 9.84 Å². The van der Waals surface area contributed by atoms with Gasteiger partial charge in [-0.2, -0.15) is 10.1 Å². The van der Waals surface area contributed by atoms with Crippen molar-refractivity contribution in [3.05, 3.63) is 93.4 Å². The summed E-state index contributed by atoms with van der Waals surface area (Å²) < 4.78 is 6.08. The number of allylic oxidation sites excluding steroid dienone is 2. The molecule has 0 unspecified atom stereocenters. The van der Waals surface area contributed by atoms with Crippen molar-refractivity contribution in [3.63, 3.8) is 0 Å². The Morgan fingerprint density at radius 1 is 1.03 bits per heavy atom. The predicted octanol–water partition coefficient (Wildman–Crippen LogP) is 3.07. The van der Waals surface area contributed by atoms with Crippen LogP contribution < -0.4 is 15.3 Å². The summed E-state index contributed by atoms with van der Waals surface area (Å²) in [7, 11) is 0. The van der Waals surface area contributed by atoms with Crippen LogP contribution in [0.25, 0.3) is 11.8 Å². The molecule has 0 saturated heterocycles. The Labute approximate surface area is 199 Å². The molecule has 0 atom stereocenters. The Balaban J connectivity index is 1.55. The van der Waals surface area contributed by atoms with Gasteiger partial charge in [0.15, 0.2) is 0 Å². The van der Waals surface area contributed by atoms with E-state index in [2.05, 4.69) is 10.2 Å². The first-order chi connectivity index (χ1) is 16.8. The third-order valence-electron chi connectivity index (χ3n) is 5.34. The van der Waals surface area contributed by atoms with E-state index in [0.717, 1.165) is 0 Å². The highest BCUT2D eigenvalue weighted by Gasteiger charge is 2.28. The van der Waals surface area contributed by atoms with Crippen molar-refractivity contribution in [2.75, 3.05) is 5.01 Å². The zero-order valence-electron chi connectivity index (χ0n) is 18.8. The number of benzene rings is 2. The van der Waals surface area contributed by atoms with Gasteiger partial charge in [0.25, 0.3) is 17.9 Å². The van der Waals surface area contributed by atoms with Crippen LogP contribution in [-0.4, -0.2) is 38.9 Å². The van der Waals surface area contributed by atoms with Crippen LogP contribution in [-0.2, 0) is 9.59 Å². The lowest BCUT2D eigenvalue weighted by Gasteiger charge is -2.11. The lowest BCUT2D eigenvalue weighted by Crippen LogP contribution is -2.21. The number of nitrogens with zero attached hydrogens (tertiary/aromatic N) is 3. The molecule has 176 valence electrons. The predicted molar refractivity (Wildman–Crippen MR) is 129 cm³/mol. The maximum atomic E-state index is 12.9. The molecule has 10 heteroatoms. The van der Waals surface area contributed by atoms with Gasteiger partial charge in [0, 0.05) is 5.69 Å². The fraction of sp³-hybridized carbons (Fsp3) is 0.0800. The highest BCUT2D eigenvalue weighted by atomic mass is 16.5. The van der Waals surface area contributed by atoms with E-state index in [1.165, 1.54) is 21.8 Å². The minimum atomic E-state index is -1.05. The number of nitrogens with one attached hydrogen (secondary N) is 1. The number of H-pyrrole nitrogens is 1. The van der Waals surface area contributed by atoms with Gasteiger partial charge in [-0.15, -0.1) is 0 Å².